The van der Waals surface area contributed by atoms with Crippen LogP contribution in [0.15, 0.2) is 12.1 Å². The van der Waals surface area contributed by atoms with E-state index in [4.69, 9.17) is 5.11 Å². The molecule has 4 nitrogen and oxygen atoms in total. The molecule has 0 bridgehead atoms. The van der Waals surface area contributed by atoms with E-state index in [9.17, 15) is 18.9 Å². The number of hydrogen-bond donors (Lipinski definition) is 1. The molecular weight excluding hydrogens is 220 g/mol. The summed E-state index contributed by atoms with van der Waals surface area (Å²) in [6, 6.07) is 2.14. The monoisotopic (exact) mass is 231 g/mol. The summed E-state index contributed by atoms with van der Waals surface area (Å²) in [5.41, 5.74) is -0.330. The van der Waals surface area contributed by atoms with Crippen LogP contribution in [0.4, 0.5) is 14.5 Å². The Labute approximate surface area is 90.7 Å². The van der Waals surface area contributed by atoms with Crippen molar-refractivity contribution in [1.82, 2.24) is 0 Å². The number of aryl methyl sites for hydroxylation is 2. The number of rotatable bonds is 3. The van der Waals surface area contributed by atoms with Crippen LogP contribution in [0, 0.1) is 24.0 Å². The van der Waals surface area contributed by atoms with Crippen molar-refractivity contribution in [2.45, 2.75) is 19.8 Å². The molecule has 0 aliphatic rings. The van der Waals surface area contributed by atoms with Crippen LogP contribution in [0.2, 0.25) is 0 Å². The molecule has 0 unspecified atom stereocenters. The summed E-state index contributed by atoms with van der Waals surface area (Å²) in [7, 11) is 0. The van der Waals surface area contributed by atoms with Gasteiger partial charge in [0.1, 0.15) is 12.2 Å². The fraction of sp³-hybridized carbons (Fsp3) is 0.400. The molecule has 0 fully saturated rings. The van der Waals surface area contributed by atoms with E-state index >= 15 is 0 Å². The summed E-state index contributed by atoms with van der Waals surface area (Å²) in [5, 5.41) is 19.2. The molecule has 6 heteroatoms. The van der Waals surface area contributed by atoms with Gasteiger partial charge in [0.2, 0.25) is 0 Å². The van der Waals surface area contributed by atoms with E-state index in [0.717, 1.165) is 12.1 Å². The van der Waals surface area contributed by atoms with Crippen LogP contribution in [-0.4, -0.2) is 16.6 Å². The third kappa shape index (κ3) is 2.16. The van der Waals surface area contributed by atoms with Crippen LogP contribution in [0.3, 0.4) is 0 Å². The molecule has 88 valence electrons. The molecule has 0 aliphatic carbocycles. The summed E-state index contributed by atoms with van der Waals surface area (Å²) in [4.78, 5) is 9.77. The van der Waals surface area contributed by atoms with Crippen molar-refractivity contribution < 1.29 is 18.8 Å². The molecule has 0 atom stereocenters. The predicted octanol–water partition coefficient (Wildman–Crippen LogP) is 2.30. The van der Waals surface area contributed by atoms with Gasteiger partial charge < -0.3 is 5.11 Å². The minimum Gasteiger partial charge on any atom is -0.390 e. The highest BCUT2D eigenvalue weighted by Crippen LogP contribution is 2.36. The largest absolute Gasteiger partial charge is 0.390 e. The molecule has 1 aromatic rings. The number of nitro benzene ring substituents is 1. The Morgan fingerprint density at radius 3 is 2.31 bits per heavy atom. The topological polar surface area (TPSA) is 63.4 Å². The van der Waals surface area contributed by atoms with Gasteiger partial charge in [0.15, 0.2) is 0 Å². The minimum absolute atomic E-state index is 0.522. The number of nitro groups is 1. The minimum atomic E-state index is -3.60. The van der Waals surface area contributed by atoms with Gasteiger partial charge in [0, 0.05) is 6.07 Å². The lowest BCUT2D eigenvalue weighted by Gasteiger charge is -2.15. The molecule has 0 amide bonds. The molecule has 0 aromatic heterocycles. The van der Waals surface area contributed by atoms with Crippen LogP contribution >= 0.6 is 0 Å². The average Bonchev–Trinajstić information content (AvgIpc) is 2.21. The number of aliphatic hydroxyl groups excluding tert-OH is 1. The summed E-state index contributed by atoms with van der Waals surface area (Å²) in [5.74, 6) is -3.60. The van der Waals surface area contributed by atoms with E-state index in [2.05, 4.69) is 0 Å². The van der Waals surface area contributed by atoms with Crippen molar-refractivity contribution in [2.75, 3.05) is 6.61 Å². The molecular formula is C10H11F2NO3. The zero-order valence-corrected chi connectivity index (χ0v) is 8.83. The summed E-state index contributed by atoms with van der Waals surface area (Å²) >= 11 is 0. The molecule has 0 heterocycles. The zero-order valence-electron chi connectivity index (χ0n) is 8.83. The van der Waals surface area contributed by atoms with E-state index < -0.39 is 28.7 Å². The van der Waals surface area contributed by atoms with Gasteiger partial charge in [-0.25, -0.2) is 0 Å². The number of nitrogens with zero attached hydrogens (tertiary/aromatic N) is 1. The highest BCUT2D eigenvalue weighted by molar-refractivity contribution is 5.48. The lowest BCUT2D eigenvalue weighted by atomic mass is 10.00. The first-order chi connectivity index (χ1) is 7.29. The molecule has 0 radical (unpaired) electrons. The van der Waals surface area contributed by atoms with Gasteiger partial charge in [-0.1, -0.05) is 0 Å². The molecule has 0 saturated heterocycles. The summed E-state index contributed by atoms with van der Waals surface area (Å²) in [6.07, 6.45) is 0. The Bertz CT molecular complexity index is 432. The first-order valence-electron chi connectivity index (χ1n) is 4.54. The van der Waals surface area contributed by atoms with Crippen LogP contribution in [0.5, 0.6) is 0 Å². The van der Waals surface area contributed by atoms with Crippen molar-refractivity contribution in [3.63, 3.8) is 0 Å². The Morgan fingerprint density at radius 1 is 1.38 bits per heavy atom. The van der Waals surface area contributed by atoms with Gasteiger partial charge in [-0.05, 0) is 31.0 Å². The van der Waals surface area contributed by atoms with Crippen LogP contribution in [0.25, 0.3) is 0 Å². The van der Waals surface area contributed by atoms with Crippen LogP contribution in [0.1, 0.15) is 16.7 Å². The Hall–Kier alpha value is -1.56. The van der Waals surface area contributed by atoms with Gasteiger partial charge in [-0.2, -0.15) is 8.78 Å². The molecule has 1 aromatic carbocycles. The third-order valence-electron chi connectivity index (χ3n) is 2.40. The van der Waals surface area contributed by atoms with Crippen LogP contribution in [-0.2, 0) is 5.92 Å². The lowest BCUT2D eigenvalue weighted by molar-refractivity contribution is -0.387. The molecule has 1 rings (SSSR count). The first kappa shape index (κ1) is 12.5. The number of halogens is 2. The highest BCUT2D eigenvalue weighted by atomic mass is 19.3. The van der Waals surface area contributed by atoms with Crippen LogP contribution < -0.4 is 0 Å². The average molecular weight is 231 g/mol. The van der Waals surface area contributed by atoms with E-state index in [-0.39, 0.29) is 0 Å². The maximum atomic E-state index is 13.3. The second-order valence-electron chi connectivity index (χ2n) is 3.57. The van der Waals surface area contributed by atoms with Gasteiger partial charge in [-0.15, -0.1) is 0 Å². The van der Waals surface area contributed by atoms with Gasteiger partial charge in [0.05, 0.1) is 4.92 Å². The summed E-state index contributed by atoms with van der Waals surface area (Å²) < 4.78 is 26.5. The summed E-state index contributed by atoms with van der Waals surface area (Å²) in [6.45, 7) is 1.73. The smallest absolute Gasteiger partial charge is 0.302 e. The molecule has 0 aliphatic heterocycles. The fourth-order valence-corrected chi connectivity index (χ4v) is 1.33. The molecule has 1 N–H and O–H groups in total. The van der Waals surface area contributed by atoms with E-state index in [0.29, 0.717) is 11.1 Å². The number of benzene rings is 1. The number of hydrogen-bond acceptors (Lipinski definition) is 3. The Balaban J connectivity index is 3.48. The van der Waals surface area contributed by atoms with E-state index in [1.54, 1.807) is 13.8 Å². The molecule has 16 heavy (non-hydrogen) atoms. The number of aliphatic hydroxyl groups is 1. The van der Waals surface area contributed by atoms with Gasteiger partial charge >= 0.3 is 5.92 Å². The highest BCUT2D eigenvalue weighted by Gasteiger charge is 2.37. The second kappa shape index (κ2) is 4.13. The van der Waals surface area contributed by atoms with Crippen molar-refractivity contribution in [2.24, 2.45) is 0 Å². The van der Waals surface area contributed by atoms with E-state index in [1.165, 1.54) is 0 Å². The van der Waals surface area contributed by atoms with Crippen molar-refractivity contribution in [3.05, 3.63) is 38.9 Å². The maximum Gasteiger partial charge on any atom is 0.302 e. The fourth-order valence-electron chi connectivity index (χ4n) is 1.33. The van der Waals surface area contributed by atoms with Crippen molar-refractivity contribution in [1.29, 1.82) is 0 Å². The normalized spacial score (nSPS) is 11.6. The van der Waals surface area contributed by atoms with Gasteiger partial charge in [0.25, 0.3) is 5.69 Å². The first-order valence-corrected chi connectivity index (χ1v) is 4.54. The lowest BCUT2D eigenvalue weighted by Crippen LogP contribution is -2.20. The molecule has 0 saturated carbocycles. The zero-order chi connectivity index (χ0) is 12.5. The predicted molar refractivity (Wildman–Crippen MR) is 53.6 cm³/mol. The van der Waals surface area contributed by atoms with E-state index in [1.807, 2.05) is 0 Å². The van der Waals surface area contributed by atoms with Gasteiger partial charge in [-0.3, -0.25) is 10.1 Å². The molecule has 0 spiro atoms. The van der Waals surface area contributed by atoms with Crippen molar-refractivity contribution >= 4 is 5.69 Å². The number of alkyl halides is 2. The van der Waals surface area contributed by atoms with Crippen molar-refractivity contribution in [3.8, 4) is 0 Å². The quantitative estimate of drug-likeness (QED) is 0.641. The Kier molecular flexibility index (Phi) is 3.23. The maximum absolute atomic E-state index is 13.3. The Morgan fingerprint density at radius 2 is 1.88 bits per heavy atom. The second-order valence-corrected chi connectivity index (χ2v) is 3.57. The standard InChI is InChI=1S/C10H11F2NO3/c1-6-3-8(10(11,12)5-14)9(13(15)16)4-7(6)2/h3-4,14H,5H2,1-2H3. The SMILES string of the molecule is Cc1cc([N+](=O)[O-])c(C(F)(F)CO)cc1C. The third-order valence-corrected chi connectivity index (χ3v) is 2.40.